The number of carbonyl (C=O) groups is 1. The molecule has 25 heavy (non-hydrogen) atoms. The average molecular weight is 339 g/mol. The minimum absolute atomic E-state index is 0.0784. The lowest BCUT2D eigenvalue weighted by Gasteiger charge is -2.18. The molecule has 1 fully saturated rings. The molecule has 2 atom stereocenters. The molecule has 1 aromatic carbocycles. The standard InChI is InChI=1S/C20H25N3O2/c1-11-8-6-7-9-13(11)14-10-15(14)22-17(24)16-12(2)21-19(20(3,4)5)23-18(16)25/h6-9,14-15H,10H2,1-5H3,(H,22,24)(H,21,23,25)/t14-,15+/m1/s1. The second kappa shape index (κ2) is 6.14. The summed E-state index contributed by atoms with van der Waals surface area (Å²) in [6, 6.07) is 8.29. The summed E-state index contributed by atoms with van der Waals surface area (Å²) in [5.41, 5.74) is 2.44. The van der Waals surface area contributed by atoms with Gasteiger partial charge in [0.05, 0.1) is 5.69 Å². The van der Waals surface area contributed by atoms with Crippen molar-refractivity contribution in [3.8, 4) is 0 Å². The first-order valence-corrected chi connectivity index (χ1v) is 8.66. The molecule has 1 saturated carbocycles. The molecule has 2 N–H and O–H groups in total. The molecule has 0 saturated heterocycles. The van der Waals surface area contributed by atoms with E-state index in [0.717, 1.165) is 6.42 Å². The quantitative estimate of drug-likeness (QED) is 0.903. The second-order valence-corrected chi connectivity index (χ2v) is 7.90. The molecule has 0 unspecified atom stereocenters. The van der Waals surface area contributed by atoms with E-state index in [4.69, 9.17) is 0 Å². The molecule has 1 aliphatic carbocycles. The Bertz CT molecular complexity index is 877. The third-order valence-electron chi connectivity index (χ3n) is 4.73. The molecule has 0 radical (unpaired) electrons. The van der Waals surface area contributed by atoms with E-state index in [2.05, 4.69) is 34.3 Å². The summed E-state index contributed by atoms with van der Waals surface area (Å²) >= 11 is 0. The van der Waals surface area contributed by atoms with Crippen molar-refractivity contribution >= 4 is 5.91 Å². The number of rotatable bonds is 3. The van der Waals surface area contributed by atoms with Crippen molar-refractivity contribution in [1.82, 2.24) is 15.3 Å². The number of hydrogen-bond acceptors (Lipinski definition) is 3. The predicted molar refractivity (Wildman–Crippen MR) is 98.1 cm³/mol. The number of carbonyl (C=O) groups excluding carboxylic acids is 1. The van der Waals surface area contributed by atoms with Crippen LogP contribution in [0.2, 0.25) is 0 Å². The summed E-state index contributed by atoms with van der Waals surface area (Å²) in [5, 5.41) is 2.99. The summed E-state index contributed by atoms with van der Waals surface area (Å²) in [4.78, 5) is 32.2. The topological polar surface area (TPSA) is 74.8 Å². The number of amides is 1. The van der Waals surface area contributed by atoms with Crippen molar-refractivity contribution in [2.24, 2.45) is 0 Å². The Morgan fingerprint density at radius 1 is 1.24 bits per heavy atom. The number of aryl methyl sites for hydroxylation is 2. The number of H-pyrrole nitrogens is 1. The Morgan fingerprint density at radius 3 is 2.52 bits per heavy atom. The van der Waals surface area contributed by atoms with Crippen LogP contribution in [0.15, 0.2) is 29.1 Å². The Hall–Kier alpha value is -2.43. The number of hydrogen-bond donors (Lipinski definition) is 2. The van der Waals surface area contributed by atoms with Gasteiger partial charge in [-0.1, -0.05) is 45.0 Å². The molecular formula is C20H25N3O2. The summed E-state index contributed by atoms with van der Waals surface area (Å²) in [7, 11) is 0. The van der Waals surface area contributed by atoms with Crippen molar-refractivity contribution in [1.29, 1.82) is 0 Å². The van der Waals surface area contributed by atoms with Gasteiger partial charge in [0.1, 0.15) is 11.4 Å². The van der Waals surface area contributed by atoms with Gasteiger partial charge in [-0.2, -0.15) is 0 Å². The highest BCUT2D eigenvalue weighted by Crippen LogP contribution is 2.42. The Morgan fingerprint density at radius 2 is 1.92 bits per heavy atom. The smallest absolute Gasteiger partial charge is 0.264 e. The normalized spacial score (nSPS) is 19.6. The van der Waals surface area contributed by atoms with Crippen molar-refractivity contribution in [3.63, 3.8) is 0 Å². The van der Waals surface area contributed by atoms with Crippen molar-refractivity contribution in [3.05, 3.63) is 62.8 Å². The van der Waals surface area contributed by atoms with E-state index in [1.54, 1.807) is 6.92 Å². The van der Waals surface area contributed by atoms with Crippen LogP contribution >= 0.6 is 0 Å². The molecule has 3 rings (SSSR count). The zero-order chi connectivity index (χ0) is 18.4. The Labute approximate surface area is 147 Å². The minimum atomic E-state index is -0.372. The fourth-order valence-electron chi connectivity index (χ4n) is 3.15. The lowest BCUT2D eigenvalue weighted by Crippen LogP contribution is -2.35. The molecule has 1 amide bonds. The lowest BCUT2D eigenvalue weighted by atomic mass is 9.95. The van der Waals surface area contributed by atoms with Crippen LogP contribution in [0.25, 0.3) is 0 Å². The molecule has 5 nitrogen and oxygen atoms in total. The summed E-state index contributed by atoms with van der Waals surface area (Å²) < 4.78 is 0. The van der Waals surface area contributed by atoms with Crippen molar-refractivity contribution in [2.75, 3.05) is 0 Å². The van der Waals surface area contributed by atoms with Gasteiger partial charge in [-0.15, -0.1) is 0 Å². The number of aromatic nitrogens is 2. The van der Waals surface area contributed by atoms with Crippen molar-refractivity contribution < 1.29 is 4.79 Å². The molecule has 132 valence electrons. The van der Waals surface area contributed by atoms with Gasteiger partial charge < -0.3 is 10.3 Å². The third-order valence-corrected chi connectivity index (χ3v) is 4.73. The first-order valence-electron chi connectivity index (χ1n) is 8.66. The monoisotopic (exact) mass is 339 g/mol. The summed E-state index contributed by atoms with van der Waals surface area (Å²) in [6.07, 6.45) is 0.904. The predicted octanol–water partition coefficient (Wildman–Crippen LogP) is 2.97. The highest BCUT2D eigenvalue weighted by Gasteiger charge is 2.40. The maximum absolute atomic E-state index is 12.6. The van der Waals surface area contributed by atoms with Gasteiger partial charge in [0.2, 0.25) is 0 Å². The number of nitrogens with one attached hydrogen (secondary N) is 2. The highest BCUT2D eigenvalue weighted by molar-refractivity contribution is 5.95. The second-order valence-electron chi connectivity index (χ2n) is 7.90. The van der Waals surface area contributed by atoms with Crippen LogP contribution in [0, 0.1) is 13.8 Å². The van der Waals surface area contributed by atoms with Crippen molar-refractivity contribution in [2.45, 2.75) is 58.4 Å². The molecular weight excluding hydrogens is 314 g/mol. The zero-order valence-electron chi connectivity index (χ0n) is 15.4. The number of aromatic amines is 1. The molecule has 0 spiro atoms. The van der Waals surface area contributed by atoms with Crippen LogP contribution in [0.3, 0.4) is 0 Å². The van der Waals surface area contributed by atoms with Crippen LogP contribution < -0.4 is 10.9 Å². The van der Waals surface area contributed by atoms with Gasteiger partial charge in [-0.3, -0.25) is 9.59 Å². The molecule has 0 aliphatic heterocycles. The van der Waals surface area contributed by atoms with E-state index in [9.17, 15) is 9.59 Å². The molecule has 1 aliphatic rings. The van der Waals surface area contributed by atoms with Crippen LogP contribution in [0.5, 0.6) is 0 Å². The highest BCUT2D eigenvalue weighted by atomic mass is 16.2. The maximum atomic E-state index is 12.6. The molecule has 1 aromatic heterocycles. The summed E-state index contributed by atoms with van der Waals surface area (Å²) in [5.74, 6) is 0.579. The van der Waals surface area contributed by atoms with Crippen LogP contribution in [0.1, 0.15) is 66.1 Å². The van der Waals surface area contributed by atoms with Gasteiger partial charge in [-0.05, 0) is 31.4 Å². The fourth-order valence-corrected chi connectivity index (χ4v) is 3.15. The molecule has 1 heterocycles. The van der Waals surface area contributed by atoms with Crippen LogP contribution in [0.4, 0.5) is 0 Å². The minimum Gasteiger partial charge on any atom is -0.348 e. The summed E-state index contributed by atoms with van der Waals surface area (Å²) in [6.45, 7) is 9.71. The van der Waals surface area contributed by atoms with E-state index < -0.39 is 0 Å². The first-order chi connectivity index (χ1) is 11.7. The Kier molecular flexibility index (Phi) is 4.27. The molecule has 5 heteroatoms. The van der Waals surface area contributed by atoms with E-state index in [1.807, 2.05) is 32.9 Å². The average Bonchev–Trinajstić information content (AvgIpc) is 3.24. The first kappa shape index (κ1) is 17.4. The number of nitrogens with zero attached hydrogens (tertiary/aromatic N) is 1. The van der Waals surface area contributed by atoms with E-state index in [0.29, 0.717) is 17.4 Å². The van der Waals surface area contributed by atoms with Gasteiger partial charge in [0.25, 0.3) is 11.5 Å². The third kappa shape index (κ3) is 3.50. The largest absolute Gasteiger partial charge is 0.348 e. The lowest BCUT2D eigenvalue weighted by molar-refractivity contribution is 0.0947. The van der Waals surface area contributed by atoms with Crippen LogP contribution in [-0.2, 0) is 5.41 Å². The fraction of sp³-hybridized carbons (Fsp3) is 0.450. The number of benzene rings is 1. The van der Waals surface area contributed by atoms with Gasteiger partial charge in [0.15, 0.2) is 0 Å². The van der Waals surface area contributed by atoms with Gasteiger partial charge in [0, 0.05) is 17.4 Å². The maximum Gasteiger partial charge on any atom is 0.264 e. The SMILES string of the molecule is Cc1ccccc1[C@H]1C[C@@H]1NC(=O)c1c(C)nc(C(C)(C)C)[nH]c1=O. The van der Waals surface area contributed by atoms with E-state index >= 15 is 0 Å². The van der Waals surface area contributed by atoms with Crippen LogP contribution in [-0.4, -0.2) is 21.9 Å². The van der Waals surface area contributed by atoms with Gasteiger partial charge in [-0.25, -0.2) is 4.98 Å². The van der Waals surface area contributed by atoms with E-state index in [1.165, 1.54) is 11.1 Å². The zero-order valence-corrected chi connectivity index (χ0v) is 15.4. The molecule has 2 aromatic rings. The Balaban J connectivity index is 1.77. The van der Waals surface area contributed by atoms with Gasteiger partial charge >= 0.3 is 0 Å². The molecule has 0 bridgehead atoms. The van der Waals surface area contributed by atoms with E-state index in [-0.39, 0.29) is 28.5 Å².